The quantitative estimate of drug-likeness (QED) is 0.223. The monoisotopic (exact) mass is 525 g/mol. The lowest BCUT2D eigenvalue weighted by Crippen LogP contribution is -2.23. The van der Waals surface area contributed by atoms with Crippen LogP contribution in [0.3, 0.4) is 0 Å². The number of rotatable bonds is 10. The molecule has 0 unspecified atom stereocenters. The molecule has 6 nitrogen and oxygen atoms in total. The van der Waals surface area contributed by atoms with E-state index in [-0.39, 0.29) is 5.91 Å². The molecule has 0 spiro atoms. The van der Waals surface area contributed by atoms with Crippen molar-refractivity contribution in [2.45, 2.75) is 39.3 Å². The molecule has 1 heterocycles. The van der Waals surface area contributed by atoms with Crippen LogP contribution < -0.4 is 14.8 Å². The topological polar surface area (TPSA) is 65.4 Å². The minimum atomic E-state index is -0.196. The zero-order valence-electron chi connectivity index (χ0n) is 20.6. The Morgan fingerprint density at radius 3 is 2.56 bits per heavy atom. The van der Waals surface area contributed by atoms with Gasteiger partial charge in [-0.1, -0.05) is 55.1 Å². The first-order valence-corrected chi connectivity index (χ1v) is 12.7. The SMILES string of the molecule is CCCCCn1c(-c2ccc(Cl)c(Cl)c2)nc2cc(C(=O)NCc3cccc(OC)c3OC)ccc21. The van der Waals surface area contributed by atoms with Crippen LogP contribution in [0.4, 0.5) is 0 Å². The molecule has 0 fully saturated rings. The van der Waals surface area contributed by atoms with Crippen LogP contribution in [0.1, 0.15) is 42.1 Å². The van der Waals surface area contributed by atoms with Gasteiger partial charge in [0.05, 0.1) is 35.3 Å². The molecule has 3 aromatic carbocycles. The van der Waals surface area contributed by atoms with E-state index in [9.17, 15) is 4.79 Å². The predicted octanol–water partition coefficient (Wildman–Crippen LogP) is 7.15. The number of para-hydroxylation sites is 1. The maximum absolute atomic E-state index is 13.0. The molecule has 4 aromatic rings. The number of imidazole rings is 1. The Hall–Kier alpha value is -3.22. The molecule has 36 heavy (non-hydrogen) atoms. The highest BCUT2D eigenvalue weighted by molar-refractivity contribution is 6.42. The first-order chi connectivity index (χ1) is 17.5. The zero-order valence-corrected chi connectivity index (χ0v) is 22.1. The third-order valence-electron chi connectivity index (χ3n) is 6.10. The fourth-order valence-corrected chi connectivity index (χ4v) is 4.54. The number of aryl methyl sites for hydroxylation is 1. The molecule has 0 bridgehead atoms. The summed E-state index contributed by atoms with van der Waals surface area (Å²) >= 11 is 12.4. The maximum Gasteiger partial charge on any atom is 0.251 e. The highest BCUT2D eigenvalue weighted by Crippen LogP contribution is 2.32. The lowest BCUT2D eigenvalue weighted by molar-refractivity contribution is 0.0950. The summed E-state index contributed by atoms with van der Waals surface area (Å²) < 4.78 is 13.0. The van der Waals surface area contributed by atoms with Crippen LogP contribution >= 0.6 is 23.2 Å². The third-order valence-corrected chi connectivity index (χ3v) is 6.84. The lowest BCUT2D eigenvalue weighted by Gasteiger charge is -2.13. The molecule has 0 saturated heterocycles. The van der Waals surface area contributed by atoms with Gasteiger partial charge in [0.25, 0.3) is 5.91 Å². The van der Waals surface area contributed by atoms with Gasteiger partial charge in [-0.3, -0.25) is 4.79 Å². The van der Waals surface area contributed by atoms with E-state index in [2.05, 4.69) is 16.8 Å². The third kappa shape index (κ3) is 5.45. The summed E-state index contributed by atoms with van der Waals surface area (Å²) in [6, 6.07) is 16.7. The molecule has 0 saturated carbocycles. The summed E-state index contributed by atoms with van der Waals surface area (Å²) in [4.78, 5) is 17.9. The molecule has 0 atom stereocenters. The van der Waals surface area contributed by atoms with E-state index >= 15 is 0 Å². The second kappa shape index (κ2) is 11.7. The van der Waals surface area contributed by atoms with Crippen LogP contribution in [0.25, 0.3) is 22.4 Å². The Morgan fingerprint density at radius 1 is 1.00 bits per heavy atom. The first kappa shape index (κ1) is 25.9. The maximum atomic E-state index is 13.0. The van der Waals surface area contributed by atoms with Crippen molar-refractivity contribution in [1.29, 1.82) is 0 Å². The summed E-state index contributed by atoms with van der Waals surface area (Å²) in [6.07, 6.45) is 3.27. The molecular formula is C28H29Cl2N3O3. The number of carbonyl (C=O) groups is 1. The zero-order chi connectivity index (χ0) is 25.7. The first-order valence-electron chi connectivity index (χ1n) is 11.9. The molecule has 0 aliphatic carbocycles. The smallest absolute Gasteiger partial charge is 0.251 e. The van der Waals surface area contributed by atoms with Crippen molar-refractivity contribution in [3.05, 3.63) is 75.8 Å². The number of aromatic nitrogens is 2. The number of nitrogens with one attached hydrogen (secondary N) is 1. The van der Waals surface area contributed by atoms with Crippen LogP contribution in [0.5, 0.6) is 11.5 Å². The van der Waals surface area contributed by atoms with Gasteiger partial charge in [0, 0.05) is 29.8 Å². The van der Waals surface area contributed by atoms with Crippen molar-refractivity contribution in [3.63, 3.8) is 0 Å². The molecule has 4 rings (SSSR count). The minimum Gasteiger partial charge on any atom is -0.493 e. The molecule has 1 aromatic heterocycles. The van der Waals surface area contributed by atoms with Gasteiger partial charge >= 0.3 is 0 Å². The van der Waals surface area contributed by atoms with Crippen molar-refractivity contribution in [3.8, 4) is 22.9 Å². The van der Waals surface area contributed by atoms with Crippen molar-refractivity contribution in [1.82, 2.24) is 14.9 Å². The van der Waals surface area contributed by atoms with Crippen LogP contribution in [0.2, 0.25) is 10.0 Å². The van der Waals surface area contributed by atoms with E-state index in [0.717, 1.165) is 53.8 Å². The average Bonchev–Trinajstić information content (AvgIpc) is 3.26. The van der Waals surface area contributed by atoms with Gasteiger partial charge in [-0.2, -0.15) is 0 Å². The Bertz CT molecular complexity index is 1380. The number of carbonyl (C=O) groups excluding carboxylic acids is 1. The van der Waals surface area contributed by atoms with Crippen LogP contribution in [0, 0.1) is 0 Å². The van der Waals surface area contributed by atoms with Crippen molar-refractivity contribution < 1.29 is 14.3 Å². The molecule has 1 amide bonds. The molecule has 1 N–H and O–H groups in total. The van der Waals surface area contributed by atoms with Crippen molar-refractivity contribution in [2.75, 3.05) is 14.2 Å². The van der Waals surface area contributed by atoms with E-state index in [0.29, 0.717) is 33.7 Å². The van der Waals surface area contributed by atoms with Gasteiger partial charge < -0.3 is 19.4 Å². The van der Waals surface area contributed by atoms with E-state index in [1.807, 2.05) is 48.5 Å². The number of nitrogens with zero attached hydrogens (tertiary/aromatic N) is 2. The second-order valence-corrected chi connectivity index (χ2v) is 9.28. The van der Waals surface area contributed by atoms with Gasteiger partial charge in [-0.25, -0.2) is 4.98 Å². The van der Waals surface area contributed by atoms with Gasteiger partial charge in [0.2, 0.25) is 0 Å². The number of hydrogen-bond acceptors (Lipinski definition) is 4. The minimum absolute atomic E-state index is 0.196. The summed E-state index contributed by atoms with van der Waals surface area (Å²) in [5.41, 5.74) is 3.96. The molecule has 0 radical (unpaired) electrons. The Morgan fingerprint density at radius 2 is 1.83 bits per heavy atom. The van der Waals surface area contributed by atoms with Crippen LogP contribution in [0.15, 0.2) is 54.6 Å². The fourth-order valence-electron chi connectivity index (χ4n) is 4.24. The molecule has 0 aliphatic heterocycles. The largest absolute Gasteiger partial charge is 0.493 e. The van der Waals surface area contributed by atoms with E-state index < -0.39 is 0 Å². The van der Waals surface area contributed by atoms with Crippen LogP contribution in [-0.2, 0) is 13.1 Å². The summed E-state index contributed by atoms with van der Waals surface area (Å²) in [7, 11) is 3.17. The van der Waals surface area contributed by atoms with E-state index in [4.69, 9.17) is 37.7 Å². The number of ether oxygens (including phenoxy) is 2. The predicted molar refractivity (Wildman–Crippen MR) is 145 cm³/mol. The highest BCUT2D eigenvalue weighted by Gasteiger charge is 2.17. The number of methoxy groups -OCH3 is 2. The van der Waals surface area contributed by atoms with E-state index in [1.165, 1.54) is 0 Å². The second-order valence-electron chi connectivity index (χ2n) is 8.46. The molecule has 8 heteroatoms. The summed E-state index contributed by atoms with van der Waals surface area (Å²) in [6.45, 7) is 3.30. The van der Waals surface area contributed by atoms with Gasteiger partial charge in [0.1, 0.15) is 5.82 Å². The Labute approximate surface area is 221 Å². The van der Waals surface area contributed by atoms with Crippen LogP contribution in [-0.4, -0.2) is 29.7 Å². The molecule has 0 aliphatic rings. The molecular weight excluding hydrogens is 497 g/mol. The molecule has 188 valence electrons. The number of halogens is 2. The summed E-state index contributed by atoms with van der Waals surface area (Å²) in [5, 5.41) is 3.96. The van der Waals surface area contributed by atoms with E-state index in [1.54, 1.807) is 20.3 Å². The highest BCUT2D eigenvalue weighted by atomic mass is 35.5. The van der Waals surface area contributed by atoms with Crippen molar-refractivity contribution >= 4 is 40.1 Å². The Kier molecular flexibility index (Phi) is 8.39. The fraction of sp³-hybridized carbons (Fsp3) is 0.286. The summed E-state index contributed by atoms with van der Waals surface area (Å²) in [5.74, 6) is 1.83. The lowest BCUT2D eigenvalue weighted by atomic mass is 10.1. The number of fused-ring (bicyclic) bond motifs is 1. The van der Waals surface area contributed by atoms with Gasteiger partial charge in [-0.15, -0.1) is 0 Å². The average molecular weight is 526 g/mol. The number of hydrogen-bond donors (Lipinski definition) is 1. The number of unbranched alkanes of at least 4 members (excludes halogenated alkanes) is 2. The normalized spacial score (nSPS) is 11.0. The van der Waals surface area contributed by atoms with Gasteiger partial charge in [0.15, 0.2) is 11.5 Å². The number of benzene rings is 3. The van der Waals surface area contributed by atoms with Gasteiger partial charge in [-0.05, 0) is 48.9 Å². The number of amides is 1. The van der Waals surface area contributed by atoms with Crippen molar-refractivity contribution in [2.24, 2.45) is 0 Å². The Balaban J connectivity index is 1.63. The standard InChI is InChI=1S/C28H29Cl2N3O3/c1-4-5-6-14-33-24-13-11-19(16-23(24)32-27(33)18-10-12-21(29)22(30)15-18)28(34)31-17-20-8-7-9-25(35-2)26(20)36-3/h7-13,15-16H,4-6,14,17H2,1-3H3,(H,31,34).